The smallest absolute Gasteiger partial charge is 0.269 e. The number of fused-ring (bicyclic) bond motifs is 4. The van der Waals surface area contributed by atoms with Crippen LogP contribution in [0.5, 0.6) is 0 Å². The zero-order valence-electron chi connectivity index (χ0n) is 15.2. The Hall–Kier alpha value is -2.81. The number of carbonyl (C=O) groups excluding carboxylic acids is 2. The summed E-state index contributed by atoms with van der Waals surface area (Å²) < 4.78 is 0. The van der Waals surface area contributed by atoms with Gasteiger partial charge in [-0.25, -0.2) is 0 Å². The number of nitrogens with zero attached hydrogens (tertiary/aromatic N) is 3. The first-order valence-corrected chi connectivity index (χ1v) is 9.63. The van der Waals surface area contributed by atoms with E-state index in [1.807, 2.05) is 0 Å². The molecule has 1 spiro atoms. The fourth-order valence-corrected chi connectivity index (χ4v) is 4.96. The largest absolute Gasteiger partial charge is 0.367 e. The molecule has 0 aromatic heterocycles. The molecule has 4 rings (SSSR count). The third-order valence-corrected chi connectivity index (χ3v) is 6.26. The quantitative estimate of drug-likeness (QED) is 0.274. The van der Waals surface area contributed by atoms with Crippen molar-refractivity contribution in [3.63, 3.8) is 0 Å². The molecule has 0 radical (unpaired) electrons. The molecule has 0 aliphatic carbocycles. The number of benzene rings is 1. The lowest BCUT2D eigenvalue weighted by Crippen LogP contribution is -2.72. The lowest BCUT2D eigenvalue weighted by atomic mass is 9.66. The Bertz CT molecular complexity index is 917. The molecule has 9 heteroatoms. The summed E-state index contributed by atoms with van der Waals surface area (Å²) in [7, 11) is 0. The Balaban J connectivity index is 1.88. The third kappa shape index (κ3) is 2.53. The van der Waals surface area contributed by atoms with Crippen LogP contribution in [0.15, 0.2) is 30.9 Å². The van der Waals surface area contributed by atoms with E-state index in [1.165, 1.54) is 17.0 Å². The van der Waals surface area contributed by atoms with Gasteiger partial charge in [-0.15, -0.1) is 6.58 Å². The topological polar surface area (TPSA) is 95.8 Å². The molecule has 1 N–H and O–H groups in total. The summed E-state index contributed by atoms with van der Waals surface area (Å²) in [6.07, 6.45) is 4.23. The molecule has 146 valence electrons. The molecule has 3 heterocycles. The molecule has 3 aliphatic heterocycles. The van der Waals surface area contributed by atoms with Crippen LogP contribution in [0.2, 0.25) is 0 Å². The van der Waals surface area contributed by atoms with Gasteiger partial charge in [0.25, 0.3) is 5.69 Å². The second-order valence-electron chi connectivity index (χ2n) is 7.39. The number of hydrogen-bond acceptors (Lipinski definition) is 6. The highest BCUT2D eigenvalue weighted by Gasteiger charge is 2.61. The predicted molar refractivity (Wildman–Crippen MR) is 107 cm³/mol. The van der Waals surface area contributed by atoms with Crippen molar-refractivity contribution in [2.24, 2.45) is 5.41 Å². The van der Waals surface area contributed by atoms with Crippen molar-refractivity contribution < 1.29 is 14.5 Å². The van der Waals surface area contributed by atoms with Crippen molar-refractivity contribution in [3.8, 4) is 0 Å². The SMILES string of the molecule is C=CCN1C(=O)C2(Cc3cc([N+](=O)[O-])ccc3N3CCCCC32)C(=O)NC1=S. The monoisotopic (exact) mass is 400 g/mol. The molecule has 2 saturated heterocycles. The van der Waals surface area contributed by atoms with Crippen molar-refractivity contribution in [1.82, 2.24) is 10.2 Å². The van der Waals surface area contributed by atoms with Crippen molar-refractivity contribution in [3.05, 3.63) is 46.5 Å². The fourth-order valence-electron chi connectivity index (χ4n) is 4.71. The molecule has 0 bridgehead atoms. The van der Waals surface area contributed by atoms with Gasteiger partial charge in [0.05, 0.1) is 11.0 Å². The van der Waals surface area contributed by atoms with Crippen LogP contribution in [0.25, 0.3) is 0 Å². The van der Waals surface area contributed by atoms with Crippen LogP contribution in [-0.2, 0) is 16.0 Å². The van der Waals surface area contributed by atoms with E-state index >= 15 is 0 Å². The van der Waals surface area contributed by atoms with Crippen LogP contribution >= 0.6 is 12.2 Å². The Morgan fingerprint density at radius 3 is 2.89 bits per heavy atom. The first-order chi connectivity index (χ1) is 13.4. The normalized spacial score (nSPS) is 26.6. The first kappa shape index (κ1) is 18.5. The molecule has 1 aromatic rings. The molecule has 3 aliphatic rings. The molecule has 1 aromatic carbocycles. The van der Waals surface area contributed by atoms with Crippen LogP contribution in [-0.4, -0.2) is 45.9 Å². The number of rotatable bonds is 3. The highest BCUT2D eigenvalue weighted by molar-refractivity contribution is 7.80. The molecular weight excluding hydrogens is 380 g/mol. The van der Waals surface area contributed by atoms with E-state index in [1.54, 1.807) is 12.1 Å². The summed E-state index contributed by atoms with van der Waals surface area (Å²) in [6, 6.07) is 4.38. The number of carbonyl (C=O) groups is 2. The van der Waals surface area contributed by atoms with Crippen LogP contribution in [0.4, 0.5) is 11.4 Å². The number of hydrogen-bond donors (Lipinski definition) is 1. The van der Waals surface area contributed by atoms with Gasteiger partial charge in [0.1, 0.15) is 0 Å². The standard InChI is InChI=1S/C19H20N4O4S/c1-2-8-22-17(25)19(16(24)20-18(22)28)11-12-10-13(23(26)27)6-7-14(12)21-9-4-3-5-15(19)21/h2,6-7,10,15H,1,3-5,8-9,11H2,(H,20,24,28). The first-order valence-electron chi connectivity index (χ1n) is 9.22. The maximum atomic E-state index is 13.6. The van der Waals surface area contributed by atoms with Gasteiger partial charge >= 0.3 is 0 Å². The van der Waals surface area contributed by atoms with E-state index in [9.17, 15) is 19.7 Å². The van der Waals surface area contributed by atoms with E-state index in [0.717, 1.165) is 18.5 Å². The summed E-state index contributed by atoms with van der Waals surface area (Å²) in [5.74, 6) is -0.771. The highest BCUT2D eigenvalue weighted by Crippen LogP contribution is 2.48. The molecular formula is C19H20N4O4S. The molecule has 8 nitrogen and oxygen atoms in total. The van der Waals surface area contributed by atoms with Gasteiger partial charge in [0.15, 0.2) is 10.5 Å². The second-order valence-corrected chi connectivity index (χ2v) is 7.77. The maximum Gasteiger partial charge on any atom is 0.269 e. The van der Waals surface area contributed by atoms with E-state index in [2.05, 4.69) is 16.8 Å². The Kier molecular flexibility index (Phi) is 4.41. The Morgan fingerprint density at radius 2 is 2.18 bits per heavy atom. The van der Waals surface area contributed by atoms with Crippen LogP contribution in [0.3, 0.4) is 0 Å². The number of anilines is 1. The number of amides is 2. The number of non-ortho nitro benzene ring substituents is 1. The number of nitrogens with one attached hydrogen (secondary N) is 1. The Morgan fingerprint density at radius 1 is 1.39 bits per heavy atom. The number of nitro benzene ring substituents is 1. The zero-order valence-corrected chi connectivity index (χ0v) is 16.0. The maximum absolute atomic E-state index is 13.6. The minimum absolute atomic E-state index is 0.0495. The lowest BCUT2D eigenvalue weighted by Gasteiger charge is -2.54. The average Bonchev–Trinajstić information content (AvgIpc) is 2.69. The van der Waals surface area contributed by atoms with Crippen molar-refractivity contribution >= 4 is 40.5 Å². The lowest BCUT2D eigenvalue weighted by molar-refractivity contribution is -0.384. The summed E-state index contributed by atoms with van der Waals surface area (Å²) in [5, 5.41) is 14.0. The van der Waals surface area contributed by atoms with Crippen molar-refractivity contribution in [2.45, 2.75) is 31.7 Å². The average molecular weight is 400 g/mol. The molecule has 0 saturated carbocycles. The van der Waals surface area contributed by atoms with E-state index in [-0.39, 0.29) is 35.7 Å². The number of piperidine rings is 1. The van der Waals surface area contributed by atoms with Gasteiger partial charge < -0.3 is 10.2 Å². The van der Waals surface area contributed by atoms with Crippen LogP contribution < -0.4 is 10.2 Å². The fraction of sp³-hybridized carbons (Fsp3) is 0.421. The summed E-state index contributed by atoms with van der Waals surface area (Å²) in [6.45, 7) is 4.57. The van der Waals surface area contributed by atoms with E-state index < -0.39 is 16.2 Å². The molecule has 2 atom stereocenters. The number of nitro groups is 1. The highest BCUT2D eigenvalue weighted by atomic mass is 32.1. The minimum Gasteiger partial charge on any atom is -0.367 e. The van der Waals surface area contributed by atoms with Crippen LogP contribution in [0, 0.1) is 15.5 Å². The summed E-state index contributed by atoms with van der Waals surface area (Å²) in [4.78, 5) is 41.0. The van der Waals surface area contributed by atoms with Crippen molar-refractivity contribution in [2.75, 3.05) is 18.0 Å². The van der Waals surface area contributed by atoms with Gasteiger partial charge in [0.2, 0.25) is 11.8 Å². The third-order valence-electron chi connectivity index (χ3n) is 5.93. The summed E-state index contributed by atoms with van der Waals surface area (Å²) in [5.41, 5.74) is 0.104. The zero-order chi connectivity index (χ0) is 20.1. The molecule has 28 heavy (non-hydrogen) atoms. The van der Waals surface area contributed by atoms with Crippen LogP contribution in [0.1, 0.15) is 24.8 Å². The van der Waals surface area contributed by atoms with E-state index in [0.29, 0.717) is 18.5 Å². The van der Waals surface area contributed by atoms with E-state index in [4.69, 9.17) is 12.2 Å². The van der Waals surface area contributed by atoms with Gasteiger partial charge in [-0.3, -0.25) is 24.6 Å². The van der Waals surface area contributed by atoms with Gasteiger partial charge in [-0.05, 0) is 43.1 Å². The van der Waals surface area contributed by atoms with Crippen molar-refractivity contribution in [1.29, 1.82) is 0 Å². The molecule has 2 amide bonds. The van der Waals surface area contributed by atoms with Gasteiger partial charge in [-0.1, -0.05) is 6.08 Å². The second kappa shape index (κ2) is 6.66. The molecule has 2 unspecified atom stereocenters. The van der Waals surface area contributed by atoms with Gasteiger partial charge in [-0.2, -0.15) is 0 Å². The molecule has 2 fully saturated rings. The minimum atomic E-state index is -1.35. The van der Waals surface area contributed by atoms with Gasteiger partial charge in [0, 0.05) is 37.3 Å². The summed E-state index contributed by atoms with van der Waals surface area (Å²) >= 11 is 5.20. The number of thiocarbonyl (C=S) groups is 1. The predicted octanol–water partition coefficient (Wildman–Crippen LogP) is 1.93. The Labute approximate surface area is 167 Å².